The lowest BCUT2D eigenvalue weighted by molar-refractivity contribution is 0.329. The van der Waals surface area contributed by atoms with Crippen LogP contribution >= 0.6 is 0 Å². The summed E-state index contributed by atoms with van der Waals surface area (Å²) in [6.45, 7) is 5.43. The molecule has 0 unspecified atom stereocenters. The number of aryl methyl sites for hydroxylation is 1. The molecule has 0 aliphatic carbocycles. The second kappa shape index (κ2) is 4.92. The molecule has 0 saturated carbocycles. The Morgan fingerprint density at radius 3 is 2.67 bits per heavy atom. The lowest BCUT2D eigenvalue weighted by atomic mass is 9.82. The van der Waals surface area contributed by atoms with Gasteiger partial charge >= 0.3 is 0 Å². The summed E-state index contributed by atoms with van der Waals surface area (Å²) in [5.41, 5.74) is 1.40. The predicted molar refractivity (Wildman–Crippen MR) is 82.4 cm³/mol. The zero-order chi connectivity index (χ0) is 15.0. The van der Waals surface area contributed by atoms with Gasteiger partial charge in [-0.15, -0.1) is 0 Å². The summed E-state index contributed by atoms with van der Waals surface area (Å²) in [7, 11) is 0. The van der Waals surface area contributed by atoms with Crippen LogP contribution in [0.3, 0.4) is 0 Å². The number of nitrogens with zero attached hydrogens (tertiary/aromatic N) is 2. The highest BCUT2D eigenvalue weighted by Crippen LogP contribution is 2.32. The normalized spacial score (nSPS) is 17.7. The quantitative estimate of drug-likeness (QED) is 0.805. The molecule has 1 aliphatic heterocycles. The Morgan fingerprint density at radius 1 is 1.29 bits per heavy atom. The third-order valence-corrected chi connectivity index (χ3v) is 4.32. The molecular weight excluding hydrogens is 264 g/mol. The van der Waals surface area contributed by atoms with Gasteiger partial charge in [-0.1, -0.05) is 11.6 Å². The smallest absolute Gasteiger partial charge is 0.199 e. The number of hydrogen-bond donors (Lipinski definition) is 0. The molecule has 2 aromatic rings. The highest BCUT2D eigenvalue weighted by molar-refractivity contribution is 5.78. The van der Waals surface area contributed by atoms with Crippen LogP contribution in [0.5, 0.6) is 0 Å². The van der Waals surface area contributed by atoms with Crippen molar-refractivity contribution in [2.24, 2.45) is 5.41 Å². The van der Waals surface area contributed by atoms with Gasteiger partial charge in [0.1, 0.15) is 5.58 Å². The number of hydrogen-bond acceptors (Lipinski definition) is 4. The van der Waals surface area contributed by atoms with E-state index in [2.05, 4.69) is 11.0 Å². The van der Waals surface area contributed by atoms with Gasteiger partial charge in [0.15, 0.2) is 11.3 Å². The zero-order valence-corrected chi connectivity index (χ0v) is 12.3. The van der Waals surface area contributed by atoms with E-state index in [1.165, 1.54) is 0 Å². The molecule has 0 spiro atoms. The molecular formula is C17H18N2O2. The van der Waals surface area contributed by atoms with Crippen molar-refractivity contribution in [3.8, 4) is 6.07 Å². The molecule has 0 radical (unpaired) electrons. The molecule has 1 saturated heterocycles. The maximum Gasteiger partial charge on any atom is 0.199 e. The van der Waals surface area contributed by atoms with Crippen LogP contribution in [0.25, 0.3) is 11.0 Å². The first-order valence-corrected chi connectivity index (χ1v) is 7.21. The van der Waals surface area contributed by atoms with E-state index in [1.807, 2.05) is 32.0 Å². The number of benzene rings is 1. The molecule has 108 valence electrons. The maximum absolute atomic E-state index is 12.2. The largest absolute Gasteiger partial charge is 0.440 e. The Bertz CT molecular complexity index is 777. The number of nitriles is 1. The molecule has 1 aromatic heterocycles. The van der Waals surface area contributed by atoms with E-state index in [0.29, 0.717) is 16.9 Å². The highest BCUT2D eigenvalue weighted by atomic mass is 16.4. The fourth-order valence-corrected chi connectivity index (χ4v) is 2.75. The molecule has 4 heteroatoms. The number of anilines is 1. The van der Waals surface area contributed by atoms with E-state index in [9.17, 15) is 10.1 Å². The van der Waals surface area contributed by atoms with Crippen molar-refractivity contribution in [3.63, 3.8) is 0 Å². The van der Waals surface area contributed by atoms with Crippen molar-refractivity contribution < 1.29 is 4.42 Å². The first-order chi connectivity index (χ1) is 10.0. The van der Waals surface area contributed by atoms with Crippen molar-refractivity contribution >= 4 is 16.9 Å². The molecule has 4 nitrogen and oxygen atoms in total. The van der Waals surface area contributed by atoms with Gasteiger partial charge in [0.05, 0.1) is 16.9 Å². The lowest BCUT2D eigenvalue weighted by Gasteiger charge is -2.35. The second-order valence-electron chi connectivity index (χ2n) is 6.11. The summed E-state index contributed by atoms with van der Waals surface area (Å²) in [5.74, 6) is 0.608. The third kappa shape index (κ3) is 2.52. The molecule has 1 fully saturated rings. The summed E-state index contributed by atoms with van der Waals surface area (Å²) in [6, 6.07) is 9.59. The van der Waals surface area contributed by atoms with Gasteiger partial charge in [-0.2, -0.15) is 5.26 Å². The van der Waals surface area contributed by atoms with Crippen LogP contribution in [0.1, 0.15) is 25.3 Å². The molecule has 0 N–H and O–H groups in total. The van der Waals surface area contributed by atoms with Crippen LogP contribution in [0.15, 0.2) is 33.5 Å². The average molecular weight is 282 g/mol. The molecule has 3 rings (SSSR count). The first-order valence-electron chi connectivity index (χ1n) is 7.21. The van der Waals surface area contributed by atoms with E-state index < -0.39 is 0 Å². The van der Waals surface area contributed by atoms with Crippen LogP contribution in [0.2, 0.25) is 0 Å². The van der Waals surface area contributed by atoms with Crippen LogP contribution in [-0.4, -0.2) is 13.1 Å². The van der Waals surface area contributed by atoms with Crippen LogP contribution in [0, 0.1) is 23.7 Å². The molecule has 0 atom stereocenters. The van der Waals surface area contributed by atoms with Gasteiger partial charge in [0.25, 0.3) is 0 Å². The van der Waals surface area contributed by atoms with E-state index in [4.69, 9.17) is 4.42 Å². The van der Waals surface area contributed by atoms with Gasteiger partial charge in [-0.25, -0.2) is 0 Å². The van der Waals surface area contributed by atoms with E-state index >= 15 is 0 Å². The molecule has 1 aromatic carbocycles. The average Bonchev–Trinajstić information content (AvgIpc) is 2.48. The summed E-state index contributed by atoms with van der Waals surface area (Å²) in [5, 5.41) is 9.80. The number of rotatable bonds is 1. The van der Waals surface area contributed by atoms with Gasteiger partial charge in [-0.3, -0.25) is 4.79 Å². The van der Waals surface area contributed by atoms with E-state index in [1.54, 1.807) is 6.07 Å². The van der Waals surface area contributed by atoms with Crippen LogP contribution in [-0.2, 0) is 0 Å². The highest BCUT2D eigenvalue weighted by Gasteiger charge is 2.30. The minimum Gasteiger partial charge on any atom is -0.440 e. The minimum absolute atomic E-state index is 0.0106. The third-order valence-electron chi connectivity index (χ3n) is 4.32. The number of fused-ring (bicyclic) bond motifs is 1. The summed E-state index contributed by atoms with van der Waals surface area (Å²) < 4.78 is 5.88. The Kier molecular flexibility index (Phi) is 3.21. The zero-order valence-electron chi connectivity index (χ0n) is 12.3. The molecule has 1 aliphatic rings. The number of piperidine rings is 1. The van der Waals surface area contributed by atoms with E-state index in [0.717, 1.165) is 31.5 Å². The summed E-state index contributed by atoms with van der Waals surface area (Å²) in [4.78, 5) is 14.3. The monoisotopic (exact) mass is 282 g/mol. The first kappa shape index (κ1) is 13.7. The van der Waals surface area contributed by atoms with Gasteiger partial charge in [0.2, 0.25) is 0 Å². The topological polar surface area (TPSA) is 57.2 Å². The second-order valence-corrected chi connectivity index (χ2v) is 6.11. The minimum atomic E-state index is -0.259. The van der Waals surface area contributed by atoms with Gasteiger partial charge < -0.3 is 9.32 Å². The standard InChI is InChI=1S/C17H18N2O2/c1-12-3-4-15-13(9-12)14(20)10-16(21-15)19-7-5-17(2,11-18)6-8-19/h3-4,9-10H,5-8H2,1-2H3. The SMILES string of the molecule is Cc1ccc2oc(N3CCC(C)(C#N)CC3)cc(=O)c2c1. The lowest BCUT2D eigenvalue weighted by Crippen LogP contribution is -2.38. The molecule has 0 amide bonds. The molecule has 0 bridgehead atoms. The molecule has 2 heterocycles. The summed E-state index contributed by atoms with van der Waals surface area (Å²) >= 11 is 0. The van der Waals surface area contributed by atoms with Crippen LogP contribution in [0.4, 0.5) is 5.88 Å². The maximum atomic E-state index is 12.2. The Morgan fingerprint density at radius 2 is 2.00 bits per heavy atom. The Labute approximate surface area is 123 Å². The predicted octanol–water partition coefficient (Wildman–Crippen LogP) is 3.23. The van der Waals surface area contributed by atoms with Crippen molar-refractivity contribution in [1.82, 2.24) is 0 Å². The van der Waals surface area contributed by atoms with E-state index in [-0.39, 0.29) is 10.8 Å². The Hall–Kier alpha value is -2.28. The van der Waals surface area contributed by atoms with Crippen molar-refractivity contribution in [1.29, 1.82) is 5.26 Å². The molecule has 21 heavy (non-hydrogen) atoms. The van der Waals surface area contributed by atoms with Gasteiger partial charge in [-0.05, 0) is 38.8 Å². The fraction of sp³-hybridized carbons (Fsp3) is 0.412. The van der Waals surface area contributed by atoms with Crippen LogP contribution < -0.4 is 10.3 Å². The summed E-state index contributed by atoms with van der Waals surface area (Å²) in [6.07, 6.45) is 1.58. The Balaban J connectivity index is 1.94. The fourth-order valence-electron chi connectivity index (χ4n) is 2.75. The van der Waals surface area contributed by atoms with Gasteiger partial charge in [0, 0.05) is 19.2 Å². The van der Waals surface area contributed by atoms with Crippen molar-refractivity contribution in [2.75, 3.05) is 18.0 Å². The van der Waals surface area contributed by atoms with Crippen molar-refractivity contribution in [2.45, 2.75) is 26.7 Å². The van der Waals surface area contributed by atoms with Crippen molar-refractivity contribution in [3.05, 3.63) is 40.1 Å².